The third-order valence-electron chi connectivity index (χ3n) is 3.34. The molecule has 2 aromatic carbocycles. The average molecular weight is 329 g/mol. The van der Waals surface area contributed by atoms with Gasteiger partial charge in [0, 0.05) is 19.3 Å². The summed E-state index contributed by atoms with van der Waals surface area (Å²) in [4.78, 5) is 0. The normalized spacial score (nSPS) is 12.7. The van der Waals surface area contributed by atoms with Crippen molar-refractivity contribution in [1.29, 1.82) is 0 Å². The number of nitrogens with one attached hydrogen (secondary N) is 2. The maximum absolute atomic E-state index is 6.07. The molecule has 0 saturated carbocycles. The van der Waals surface area contributed by atoms with Crippen LogP contribution in [-0.2, 0) is 16.0 Å². The van der Waals surface area contributed by atoms with E-state index in [1.165, 1.54) is 5.56 Å². The molecule has 0 bridgehead atoms. The van der Waals surface area contributed by atoms with E-state index in [-0.39, 0.29) is 5.60 Å². The second kappa shape index (κ2) is 8.04. The Labute approximate surface area is 144 Å². The maximum Gasteiger partial charge on any atom is 0.238 e. The summed E-state index contributed by atoms with van der Waals surface area (Å²) in [7, 11) is 1.61. The lowest BCUT2D eigenvalue weighted by Crippen LogP contribution is -2.34. The summed E-state index contributed by atoms with van der Waals surface area (Å²) in [5.41, 5.74) is 9.39. The van der Waals surface area contributed by atoms with Gasteiger partial charge < -0.3 is 25.8 Å². The van der Waals surface area contributed by atoms with E-state index >= 15 is 0 Å². The van der Waals surface area contributed by atoms with Crippen molar-refractivity contribution in [2.45, 2.75) is 39.3 Å². The molecule has 4 N–H and O–H groups in total. The third-order valence-corrected chi connectivity index (χ3v) is 3.34. The fourth-order valence-corrected chi connectivity index (χ4v) is 2.19. The summed E-state index contributed by atoms with van der Waals surface area (Å²) in [6, 6.07) is 15.9. The molecule has 0 fully saturated rings. The molecule has 0 heterocycles. The minimum absolute atomic E-state index is 0.310. The Balaban J connectivity index is 2.04. The smallest absolute Gasteiger partial charge is 0.238 e. The minimum atomic E-state index is -0.532. The van der Waals surface area contributed by atoms with Crippen molar-refractivity contribution in [2.24, 2.45) is 0 Å². The molecule has 0 aliphatic carbocycles. The summed E-state index contributed by atoms with van der Waals surface area (Å²) in [5.74, 6) is 0. The molecule has 0 aliphatic rings. The Morgan fingerprint density at radius 3 is 2.42 bits per heavy atom. The van der Waals surface area contributed by atoms with Gasteiger partial charge in [0.1, 0.15) is 0 Å². The van der Waals surface area contributed by atoms with Gasteiger partial charge in [-0.2, -0.15) is 0 Å². The van der Waals surface area contributed by atoms with Crippen LogP contribution in [0.1, 0.15) is 26.3 Å². The van der Waals surface area contributed by atoms with E-state index in [9.17, 15) is 0 Å². The molecule has 5 heteroatoms. The van der Waals surface area contributed by atoms with Gasteiger partial charge in [-0.25, -0.2) is 0 Å². The largest absolute Gasteiger partial charge is 0.397 e. The highest BCUT2D eigenvalue weighted by atomic mass is 16.7. The van der Waals surface area contributed by atoms with Gasteiger partial charge >= 0.3 is 0 Å². The number of benzene rings is 2. The van der Waals surface area contributed by atoms with E-state index < -0.39 is 6.41 Å². The minimum Gasteiger partial charge on any atom is -0.397 e. The van der Waals surface area contributed by atoms with Crippen molar-refractivity contribution in [3.05, 3.63) is 54.1 Å². The summed E-state index contributed by atoms with van der Waals surface area (Å²) in [6.45, 7) is 6.66. The zero-order valence-electron chi connectivity index (χ0n) is 14.8. The lowest BCUT2D eigenvalue weighted by atomic mass is 10.2. The van der Waals surface area contributed by atoms with Crippen molar-refractivity contribution in [3.63, 3.8) is 0 Å². The van der Waals surface area contributed by atoms with Crippen LogP contribution in [0.3, 0.4) is 0 Å². The fraction of sp³-hybridized carbons (Fsp3) is 0.368. The van der Waals surface area contributed by atoms with Gasteiger partial charge in [-0.05, 0) is 44.5 Å². The number of hydrogen-bond acceptors (Lipinski definition) is 5. The first-order valence-corrected chi connectivity index (χ1v) is 8.02. The summed E-state index contributed by atoms with van der Waals surface area (Å²) >= 11 is 0. The molecule has 0 aromatic heterocycles. The molecule has 0 saturated heterocycles. The van der Waals surface area contributed by atoms with Crippen LogP contribution in [0.5, 0.6) is 0 Å². The average Bonchev–Trinajstić information content (AvgIpc) is 2.54. The molecule has 2 rings (SSSR count). The molecular formula is C19H27N3O2. The summed E-state index contributed by atoms with van der Waals surface area (Å²) in [6.07, 6.45) is -0.532. The molecule has 0 amide bonds. The van der Waals surface area contributed by atoms with E-state index in [1.54, 1.807) is 7.11 Å². The van der Waals surface area contributed by atoms with Crippen LogP contribution in [0, 0.1) is 0 Å². The Hall–Kier alpha value is -2.24. The van der Waals surface area contributed by atoms with Crippen molar-refractivity contribution in [2.75, 3.05) is 23.5 Å². The molecule has 5 nitrogen and oxygen atoms in total. The standard InChI is InChI=1S/C19H27N3O2/c1-19(2,3)24-18(23-4)22-15-10-11-16(20)17(12-15)21-13-14-8-6-5-7-9-14/h5-12,18,21-22H,13,20H2,1-4H3. The molecule has 0 spiro atoms. The second-order valence-electron chi connectivity index (χ2n) is 6.58. The summed E-state index contributed by atoms with van der Waals surface area (Å²) < 4.78 is 11.1. The van der Waals surface area contributed by atoms with Gasteiger partial charge in [0.2, 0.25) is 6.41 Å². The Morgan fingerprint density at radius 2 is 1.79 bits per heavy atom. The van der Waals surface area contributed by atoms with E-state index in [4.69, 9.17) is 15.2 Å². The number of nitrogen functional groups attached to an aromatic ring is 1. The van der Waals surface area contributed by atoms with Crippen LogP contribution in [0.25, 0.3) is 0 Å². The van der Waals surface area contributed by atoms with Crippen molar-refractivity contribution in [1.82, 2.24) is 0 Å². The topological polar surface area (TPSA) is 68.5 Å². The lowest BCUT2D eigenvalue weighted by Gasteiger charge is -2.27. The predicted molar refractivity (Wildman–Crippen MR) is 99.9 cm³/mol. The first-order chi connectivity index (χ1) is 11.4. The van der Waals surface area contributed by atoms with Gasteiger partial charge in [-0.1, -0.05) is 30.3 Å². The van der Waals surface area contributed by atoms with Gasteiger partial charge in [0.05, 0.1) is 17.0 Å². The van der Waals surface area contributed by atoms with E-state index in [1.807, 2.05) is 57.2 Å². The number of rotatable bonds is 7. The van der Waals surface area contributed by atoms with E-state index in [0.29, 0.717) is 12.2 Å². The van der Waals surface area contributed by atoms with Crippen LogP contribution in [0.15, 0.2) is 48.5 Å². The monoisotopic (exact) mass is 329 g/mol. The van der Waals surface area contributed by atoms with Crippen LogP contribution in [-0.4, -0.2) is 19.1 Å². The van der Waals surface area contributed by atoms with Crippen LogP contribution < -0.4 is 16.4 Å². The predicted octanol–water partition coefficient (Wildman–Crippen LogP) is 4.04. The van der Waals surface area contributed by atoms with Gasteiger partial charge in [0.15, 0.2) is 0 Å². The molecule has 2 aromatic rings. The van der Waals surface area contributed by atoms with Crippen LogP contribution in [0.4, 0.5) is 17.1 Å². The lowest BCUT2D eigenvalue weighted by molar-refractivity contribution is -0.165. The number of anilines is 3. The van der Waals surface area contributed by atoms with Gasteiger partial charge in [0.25, 0.3) is 0 Å². The Kier molecular flexibility index (Phi) is 6.06. The van der Waals surface area contributed by atoms with Gasteiger partial charge in [-0.3, -0.25) is 0 Å². The number of hydrogen-bond donors (Lipinski definition) is 3. The number of ether oxygens (including phenoxy) is 2. The highest BCUT2D eigenvalue weighted by molar-refractivity contribution is 5.71. The molecule has 0 radical (unpaired) electrons. The zero-order chi connectivity index (χ0) is 17.6. The maximum atomic E-state index is 6.07. The van der Waals surface area contributed by atoms with E-state index in [2.05, 4.69) is 22.8 Å². The highest BCUT2D eigenvalue weighted by Gasteiger charge is 2.18. The van der Waals surface area contributed by atoms with Crippen LogP contribution >= 0.6 is 0 Å². The summed E-state index contributed by atoms with van der Waals surface area (Å²) in [5, 5.41) is 6.57. The molecular weight excluding hydrogens is 302 g/mol. The van der Waals surface area contributed by atoms with Crippen molar-refractivity contribution >= 4 is 17.1 Å². The molecule has 1 unspecified atom stereocenters. The second-order valence-corrected chi connectivity index (χ2v) is 6.58. The molecule has 130 valence electrons. The van der Waals surface area contributed by atoms with Gasteiger partial charge in [-0.15, -0.1) is 0 Å². The van der Waals surface area contributed by atoms with Crippen molar-refractivity contribution < 1.29 is 9.47 Å². The Bertz CT molecular complexity index is 639. The quantitative estimate of drug-likeness (QED) is 0.528. The SMILES string of the molecule is COC(Nc1ccc(N)c(NCc2ccccc2)c1)OC(C)(C)C. The highest BCUT2D eigenvalue weighted by Crippen LogP contribution is 2.25. The first-order valence-electron chi connectivity index (χ1n) is 8.02. The third kappa shape index (κ3) is 5.76. The Morgan fingerprint density at radius 1 is 1.08 bits per heavy atom. The fourth-order valence-electron chi connectivity index (χ4n) is 2.19. The number of nitrogens with two attached hydrogens (primary N) is 1. The van der Waals surface area contributed by atoms with Crippen LogP contribution in [0.2, 0.25) is 0 Å². The molecule has 24 heavy (non-hydrogen) atoms. The zero-order valence-corrected chi connectivity index (χ0v) is 14.8. The number of methoxy groups -OCH3 is 1. The van der Waals surface area contributed by atoms with Crippen molar-refractivity contribution in [3.8, 4) is 0 Å². The molecule has 0 aliphatic heterocycles. The first kappa shape index (κ1) is 18.1. The molecule has 1 atom stereocenters. The van der Waals surface area contributed by atoms with E-state index in [0.717, 1.165) is 11.4 Å².